The molecule has 1 unspecified atom stereocenters. The fourth-order valence-electron chi connectivity index (χ4n) is 2.53. The molecular formula is C15H22F2N2O3S. The second-order valence-corrected chi connectivity index (χ2v) is 7.34. The fraction of sp³-hybridized carbons (Fsp3) is 0.600. The number of ether oxygens (including phenoxy) is 1. The van der Waals surface area contributed by atoms with Crippen LogP contribution in [-0.2, 0) is 10.0 Å². The summed E-state index contributed by atoms with van der Waals surface area (Å²) in [7, 11) is -3.58. The number of hydrogen-bond donors (Lipinski definition) is 2. The van der Waals surface area contributed by atoms with E-state index < -0.39 is 23.1 Å². The van der Waals surface area contributed by atoms with Gasteiger partial charge in [0, 0.05) is 6.54 Å². The number of hydrogen-bond acceptors (Lipinski definition) is 4. The van der Waals surface area contributed by atoms with Crippen LogP contribution in [0.15, 0.2) is 29.2 Å². The monoisotopic (exact) mass is 348 g/mol. The van der Waals surface area contributed by atoms with Crippen LogP contribution in [0.25, 0.3) is 0 Å². The van der Waals surface area contributed by atoms with E-state index in [0.717, 1.165) is 32.4 Å². The van der Waals surface area contributed by atoms with Crippen molar-refractivity contribution in [2.45, 2.75) is 30.6 Å². The second kappa shape index (κ2) is 8.56. The maximum absolute atomic E-state index is 12.2. The van der Waals surface area contributed by atoms with Gasteiger partial charge in [-0.2, -0.15) is 0 Å². The van der Waals surface area contributed by atoms with Crippen molar-refractivity contribution in [1.82, 2.24) is 10.0 Å². The number of sulfonamides is 1. The van der Waals surface area contributed by atoms with E-state index in [-0.39, 0.29) is 10.6 Å². The molecule has 2 N–H and O–H groups in total. The molecule has 2 rings (SSSR count). The zero-order valence-electron chi connectivity index (χ0n) is 12.8. The average molecular weight is 348 g/mol. The Hall–Kier alpha value is -1.25. The van der Waals surface area contributed by atoms with Crippen LogP contribution in [-0.4, -0.2) is 41.1 Å². The molecule has 8 heteroatoms. The van der Waals surface area contributed by atoms with E-state index in [2.05, 4.69) is 10.0 Å². The molecule has 23 heavy (non-hydrogen) atoms. The molecule has 0 spiro atoms. The maximum atomic E-state index is 12.2. The lowest BCUT2D eigenvalue weighted by Gasteiger charge is -2.22. The highest BCUT2D eigenvalue weighted by atomic mass is 32.2. The van der Waals surface area contributed by atoms with Gasteiger partial charge in [0.1, 0.15) is 12.4 Å². The smallest absolute Gasteiger partial charge is 0.272 e. The molecule has 1 heterocycles. The number of benzene rings is 1. The highest BCUT2D eigenvalue weighted by Crippen LogP contribution is 2.17. The minimum atomic E-state index is -3.58. The molecule has 0 radical (unpaired) electrons. The van der Waals surface area contributed by atoms with Crippen LogP contribution in [0.2, 0.25) is 0 Å². The van der Waals surface area contributed by atoms with Crippen LogP contribution in [0, 0.1) is 5.92 Å². The van der Waals surface area contributed by atoms with Crippen molar-refractivity contribution in [2.24, 2.45) is 5.92 Å². The van der Waals surface area contributed by atoms with Gasteiger partial charge in [-0.3, -0.25) is 0 Å². The molecule has 130 valence electrons. The highest BCUT2D eigenvalue weighted by molar-refractivity contribution is 7.89. The van der Waals surface area contributed by atoms with Gasteiger partial charge in [-0.15, -0.1) is 0 Å². The Balaban J connectivity index is 1.83. The third-order valence-electron chi connectivity index (χ3n) is 3.75. The van der Waals surface area contributed by atoms with Crippen LogP contribution < -0.4 is 14.8 Å². The number of piperidine rings is 1. The van der Waals surface area contributed by atoms with Crippen molar-refractivity contribution in [1.29, 1.82) is 0 Å². The molecule has 1 aromatic carbocycles. The van der Waals surface area contributed by atoms with Gasteiger partial charge < -0.3 is 10.1 Å². The van der Waals surface area contributed by atoms with Crippen LogP contribution >= 0.6 is 0 Å². The van der Waals surface area contributed by atoms with Crippen LogP contribution in [0.3, 0.4) is 0 Å². The predicted octanol–water partition coefficient (Wildman–Crippen LogP) is 2.00. The van der Waals surface area contributed by atoms with Crippen LogP contribution in [0.4, 0.5) is 8.78 Å². The van der Waals surface area contributed by atoms with Crippen molar-refractivity contribution in [3.63, 3.8) is 0 Å². The van der Waals surface area contributed by atoms with E-state index >= 15 is 0 Å². The Kier molecular flexibility index (Phi) is 6.73. The Bertz CT molecular complexity index is 573. The molecule has 0 bridgehead atoms. The van der Waals surface area contributed by atoms with Crippen LogP contribution in [0.1, 0.15) is 19.3 Å². The molecule has 1 aromatic rings. The number of nitrogens with one attached hydrogen (secondary N) is 2. The molecule has 1 aliphatic rings. The molecule has 0 saturated carbocycles. The van der Waals surface area contributed by atoms with Crippen molar-refractivity contribution in [3.05, 3.63) is 24.3 Å². The summed E-state index contributed by atoms with van der Waals surface area (Å²) in [5.74, 6) is 0.717. The van der Waals surface area contributed by atoms with Crippen LogP contribution in [0.5, 0.6) is 5.75 Å². The summed E-state index contributed by atoms with van der Waals surface area (Å²) in [6, 6.07) is 5.46. The molecule has 0 amide bonds. The number of rotatable bonds is 8. The minimum Gasteiger partial charge on any atom is -0.488 e. The summed E-state index contributed by atoms with van der Waals surface area (Å²) >= 11 is 0. The van der Waals surface area contributed by atoms with E-state index in [1.165, 1.54) is 24.3 Å². The summed E-state index contributed by atoms with van der Waals surface area (Å²) in [4.78, 5) is 0.101. The minimum absolute atomic E-state index is 0.101. The summed E-state index contributed by atoms with van der Waals surface area (Å²) in [6.07, 6.45) is 0.471. The van der Waals surface area contributed by atoms with E-state index in [9.17, 15) is 17.2 Å². The fourth-order valence-corrected chi connectivity index (χ4v) is 3.57. The first kappa shape index (κ1) is 18.1. The first-order valence-electron chi connectivity index (χ1n) is 7.69. The molecule has 1 atom stereocenters. The van der Waals surface area contributed by atoms with E-state index in [0.29, 0.717) is 12.5 Å². The lowest BCUT2D eigenvalue weighted by Crippen LogP contribution is -2.33. The highest BCUT2D eigenvalue weighted by Gasteiger charge is 2.17. The van der Waals surface area contributed by atoms with Gasteiger partial charge in [-0.1, -0.05) is 0 Å². The molecule has 0 aromatic heterocycles. The summed E-state index contributed by atoms with van der Waals surface area (Å²) < 4.78 is 55.8. The van der Waals surface area contributed by atoms with Gasteiger partial charge in [-0.25, -0.2) is 21.9 Å². The summed E-state index contributed by atoms with van der Waals surface area (Å²) in [5.41, 5.74) is 0. The normalized spacial score (nSPS) is 19.0. The number of alkyl halides is 2. The van der Waals surface area contributed by atoms with Gasteiger partial charge in [0.15, 0.2) is 0 Å². The Labute approximate surface area is 135 Å². The SMILES string of the molecule is O=S(=O)(NCCC1CCCNC1)c1ccc(OCC(F)F)cc1. The summed E-state index contributed by atoms with van der Waals surface area (Å²) in [5, 5.41) is 3.30. The zero-order valence-corrected chi connectivity index (χ0v) is 13.6. The Morgan fingerprint density at radius 2 is 2.04 bits per heavy atom. The van der Waals surface area contributed by atoms with Gasteiger partial charge in [0.2, 0.25) is 10.0 Å². The topological polar surface area (TPSA) is 67.4 Å². The molecule has 5 nitrogen and oxygen atoms in total. The molecular weight excluding hydrogens is 326 g/mol. The summed E-state index contributed by atoms with van der Waals surface area (Å²) in [6.45, 7) is 1.64. The van der Waals surface area contributed by atoms with Crippen molar-refractivity contribution >= 4 is 10.0 Å². The van der Waals surface area contributed by atoms with Gasteiger partial charge >= 0.3 is 0 Å². The third kappa shape index (κ3) is 6.04. The van der Waals surface area contributed by atoms with Gasteiger partial charge in [0.25, 0.3) is 6.43 Å². The first-order valence-corrected chi connectivity index (χ1v) is 9.17. The molecule has 1 saturated heterocycles. The third-order valence-corrected chi connectivity index (χ3v) is 5.23. The van der Waals surface area contributed by atoms with E-state index in [4.69, 9.17) is 4.74 Å². The lowest BCUT2D eigenvalue weighted by molar-refractivity contribution is 0.0819. The van der Waals surface area contributed by atoms with Crippen molar-refractivity contribution < 1.29 is 21.9 Å². The number of halogens is 2. The Morgan fingerprint density at radius 3 is 2.65 bits per heavy atom. The average Bonchev–Trinajstić information content (AvgIpc) is 2.54. The molecule has 1 fully saturated rings. The predicted molar refractivity (Wildman–Crippen MR) is 83.3 cm³/mol. The van der Waals surface area contributed by atoms with Gasteiger partial charge in [-0.05, 0) is 62.5 Å². The van der Waals surface area contributed by atoms with E-state index in [1.54, 1.807) is 0 Å². The quantitative estimate of drug-likeness (QED) is 0.754. The second-order valence-electron chi connectivity index (χ2n) is 5.57. The largest absolute Gasteiger partial charge is 0.488 e. The lowest BCUT2D eigenvalue weighted by atomic mass is 9.96. The standard InChI is InChI=1S/C15H22F2N2O3S/c16-15(17)11-22-13-3-5-14(6-4-13)23(20,21)19-9-7-12-2-1-8-18-10-12/h3-6,12,15,18-19H,1-2,7-11H2. The first-order chi connectivity index (χ1) is 11.0. The maximum Gasteiger partial charge on any atom is 0.272 e. The van der Waals surface area contributed by atoms with Crippen molar-refractivity contribution in [2.75, 3.05) is 26.2 Å². The van der Waals surface area contributed by atoms with E-state index in [1.807, 2.05) is 0 Å². The van der Waals surface area contributed by atoms with Gasteiger partial charge in [0.05, 0.1) is 4.90 Å². The Morgan fingerprint density at radius 1 is 1.30 bits per heavy atom. The molecule has 0 aliphatic carbocycles. The zero-order chi connectivity index (χ0) is 16.7. The van der Waals surface area contributed by atoms with Crippen molar-refractivity contribution in [3.8, 4) is 5.75 Å². The molecule has 1 aliphatic heterocycles.